The molecule has 4 heteroatoms. The maximum atomic E-state index is 9.36. The first-order valence-corrected chi connectivity index (χ1v) is 6.30. The average Bonchev–Trinajstić information content (AvgIpc) is 2.35. The number of halogens is 1. The van der Waals surface area contributed by atoms with Gasteiger partial charge in [0.2, 0.25) is 0 Å². The van der Waals surface area contributed by atoms with Crippen LogP contribution in [0.3, 0.4) is 0 Å². The number of phenols is 1. The first-order chi connectivity index (χ1) is 8.16. The Kier molecular flexibility index (Phi) is 4.26. The van der Waals surface area contributed by atoms with E-state index in [2.05, 4.69) is 11.9 Å². The third-order valence-corrected chi connectivity index (χ3v) is 3.56. The van der Waals surface area contributed by atoms with Gasteiger partial charge in [0, 0.05) is 25.8 Å². The van der Waals surface area contributed by atoms with Gasteiger partial charge in [0.15, 0.2) is 0 Å². The van der Waals surface area contributed by atoms with Crippen molar-refractivity contribution in [1.82, 2.24) is 4.90 Å². The highest BCUT2D eigenvalue weighted by Gasteiger charge is 2.18. The molecule has 17 heavy (non-hydrogen) atoms. The number of aromatic hydroxyl groups is 1. The Labute approximate surface area is 107 Å². The molecule has 1 fully saturated rings. The van der Waals surface area contributed by atoms with E-state index in [4.69, 9.17) is 16.3 Å². The smallest absolute Gasteiger partial charge is 0.134 e. The highest BCUT2D eigenvalue weighted by molar-refractivity contribution is 6.32. The van der Waals surface area contributed by atoms with E-state index in [0.29, 0.717) is 11.1 Å². The molecule has 0 saturated carbocycles. The van der Waals surface area contributed by atoms with Crippen LogP contribution in [-0.2, 0) is 11.3 Å². The molecular formula is C13H18ClNO2. The summed E-state index contributed by atoms with van der Waals surface area (Å²) in [7, 11) is 2.12. The van der Waals surface area contributed by atoms with Crippen LogP contribution in [0, 0.1) is 0 Å². The van der Waals surface area contributed by atoms with Gasteiger partial charge in [0.05, 0.1) is 5.02 Å². The lowest BCUT2D eigenvalue weighted by molar-refractivity contribution is 0.0407. The Hall–Kier alpha value is -0.770. The molecule has 1 aromatic carbocycles. The van der Waals surface area contributed by atoms with Gasteiger partial charge in [-0.05, 0) is 37.6 Å². The maximum absolute atomic E-state index is 9.36. The molecule has 2 rings (SSSR count). The molecule has 0 aromatic heterocycles. The minimum Gasteiger partial charge on any atom is -0.506 e. The standard InChI is InChI=1S/C13H18ClNO2/c1-15(11-4-6-17-7-5-11)9-10-2-3-13(16)12(14)8-10/h2-3,8,11,16H,4-7,9H2,1H3. The Bertz CT molecular complexity index is 378. The van der Waals surface area contributed by atoms with Crippen molar-refractivity contribution < 1.29 is 9.84 Å². The number of rotatable bonds is 3. The van der Waals surface area contributed by atoms with Gasteiger partial charge in [-0.15, -0.1) is 0 Å². The largest absolute Gasteiger partial charge is 0.506 e. The van der Waals surface area contributed by atoms with Gasteiger partial charge in [-0.2, -0.15) is 0 Å². The fourth-order valence-electron chi connectivity index (χ4n) is 2.19. The van der Waals surface area contributed by atoms with Crippen LogP contribution in [-0.4, -0.2) is 36.3 Å². The number of hydrogen-bond donors (Lipinski definition) is 1. The minimum atomic E-state index is 0.143. The number of nitrogens with zero attached hydrogens (tertiary/aromatic N) is 1. The summed E-state index contributed by atoms with van der Waals surface area (Å²) in [5.41, 5.74) is 1.13. The van der Waals surface area contributed by atoms with Crippen LogP contribution >= 0.6 is 11.6 Å². The molecule has 1 saturated heterocycles. The zero-order valence-electron chi connectivity index (χ0n) is 10.0. The normalized spacial score (nSPS) is 17.6. The zero-order valence-corrected chi connectivity index (χ0v) is 10.8. The Balaban J connectivity index is 1.96. The molecule has 1 aromatic rings. The monoisotopic (exact) mass is 255 g/mol. The molecule has 3 nitrogen and oxygen atoms in total. The zero-order chi connectivity index (χ0) is 12.3. The van der Waals surface area contributed by atoms with Crippen LogP contribution in [0.25, 0.3) is 0 Å². The molecule has 1 heterocycles. The van der Waals surface area contributed by atoms with Crippen molar-refractivity contribution in [3.8, 4) is 5.75 Å². The van der Waals surface area contributed by atoms with Crippen LogP contribution in [0.4, 0.5) is 0 Å². The molecule has 0 unspecified atom stereocenters. The van der Waals surface area contributed by atoms with E-state index >= 15 is 0 Å². The van der Waals surface area contributed by atoms with Gasteiger partial charge in [0.25, 0.3) is 0 Å². The average molecular weight is 256 g/mol. The maximum Gasteiger partial charge on any atom is 0.134 e. The Morgan fingerprint density at radius 2 is 2.12 bits per heavy atom. The SMILES string of the molecule is CN(Cc1ccc(O)c(Cl)c1)C1CCOCC1. The third-order valence-electron chi connectivity index (χ3n) is 3.26. The van der Waals surface area contributed by atoms with Crippen molar-refractivity contribution >= 4 is 11.6 Å². The van der Waals surface area contributed by atoms with Crippen LogP contribution < -0.4 is 0 Å². The van der Waals surface area contributed by atoms with Gasteiger partial charge < -0.3 is 9.84 Å². The van der Waals surface area contributed by atoms with Gasteiger partial charge in [-0.25, -0.2) is 0 Å². The molecule has 0 amide bonds. The van der Waals surface area contributed by atoms with Crippen molar-refractivity contribution in [2.75, 3.05) is 20.3 Å². The first-order valence-electron chi connectivity index (χ1n) is 5.92. The molecule has 1 aliphatic rings. The fraction of sp³-hybridized carbons (Fsp3) is 0.538. The predicted octanol–water partition coefficient (Wildman–Crippen LogP) is 2.66. The van der Waals surface area contributed by atoms with E-state index in [9.17, 15) is 5.11 Å². The van der Waals surface area contributed by atoms with Gasteiger partial charge in [0.1, 0.15) is 5.75 Å². The number of hydrogen-bond acceptors (Lipinski definition) is 3. The third kappa shape index (κ3) is 3.35. The van der Waals surface area contributed by atoms with Crippen molar-refractivity contribution in [3.05, 3.63) is 28.8 Å². The second kappa shape index (κ2) is 5.71. The lowest BCUT2D eigenvalue weighted by Gasteiger charge is -2.31. The quantitative estimate of drug-likeness (QED) is 0.901. The second-order valence-electron chi connectivity index (χ2n) is 4.54. The van der Waals surface area contributed by atoms with E-state index in [-0.39, 0.29) is 5.75 Å². The molecule has 1 N–H and O–H groups in total. The van der Waals surface area contributed by atoms with Gasteiger partial charge in [-0.1, -0.05) is 17.7 Å². The number of phenolic OH excluding ortho intramolecular Hbond substituents is 1. The predicted molar refractivity (Wildman–Crippen MR) is 68.4 cm³/mol. The summed E-state index contributed by atoms with van der Waals surface area (Å²) in [6.45, 7) is 2.56. The highest BCUT2D eigenvalue weighted by atomic mass is 35.5. The Morgan fingerprint density at radius 1 is 1.41 bits per heavy atom. The molecule has 0 bridgehead atoms. The Morgan fingerprint density at radius 3 is 2.76 bits per heavy atom. The van der Waals surface area contributed by atoms with Crippen LogP contribution in [0.2, 0.25) is 5.02 Å². The molecule has 0 atom stereocenters. The summed E-state index contributed by atoms with van der Waals surface area (Å²) in [4.78, 5) is 2.32. The number of ether oxygens (including phenoxy) is 1. The molecular weight excluding hydrogens is 238 g/mol. The molecule has 94 valence electrons. The van der Waals surface area contributed by atoms with Gasteiger partial charge >= 0.3 is 0 Å². The fourth-order valence-corrected chi connectivity index (χ4v) is 2.39. The summed E-state index contributed by atoms with van der Waals surface area (Å²) in [5.74, 6) is 0.143. The van der Waals surface area contributed by atoms with Crippen LogP contribution in [0.15, 0.2) is 18.2 Å². The summed E-state index contributed by atoms with van der Waals surface area (Å²) < 4.78 is 5.35. The second-order valence-corrected chi connectivity index (χ2v) is 4.95. The highest BCUT2D eigenvalue weighted by Crippen LogP contribution is 2.25. The minimum absolute atomic E-state index is 0.143. The van der Waals surface area contributed by atoms with E-state index in [1.54, 1.807) is 6.07 Å². The van der Waals surface area contributed by atoms with Crippen molar-refractivity contribution in [2.24, 2.45) is 0 Å². The lowest BCUT2D eigenvalue weighted by Crippen LogP contribution is -2.36. The molecule has 1 aliphatic heterocycles. The van der Waals surface area contributed by atoms with Crippen LogP contribution in [0.1, 0.15) is 18.4 Å². The topological polar surface area (TPSA) is 32.7 Å². The van der Waals surface area contributed by atoms with Crippen molar-refractivity contribution in [3.63, 3.8) is 0 Å². The van der Waals surface area contributed by atoms with Crippen molar-refractivity contribution in [2.45, 2.75) is 25.4 Å². The molecule has 0 aliphatic carbocycles. The summed E-state index contributed by atoms with van der Waals surface area (Å²) in [6.07, 6.45) is 2.17. The lowest BCUT2D eigenvalue weighted by atomic mass is 10.1. The van der Waals surface area contributed by atoms with Crippen molar-refractivity contribution in [1.29, 1.82) is 0 Å². The molecule has 0 radical (unpaired) electrons. The van der Waals surface area contributed by atoms with E-state index in [1.807, 2.05) is 12.1 Å². The first kappa shape index (κ1) is 12.7. The van der Waals surface area contributed by atoms with Crippen LogP contribution in [0.5, 0.6) is 5.75 Å². The number of benzene rings is 1. The molecule has 0 spiro atoms. The summed E-state index contributed by atoms with van der Waals surface area (Å²) >= 11 is 5.89. The van der Waals surface area contributed by atoms with E-state index in [1.165, 1.54) is 0 Å². The summed E-state index contributed by atoms with van der Waals surface area (Å²) in [6, 6.07) is 5.97. The van der Waals surface area contributed by atoms with E-state index < -0.39 is 0 Å². The van der Waals surface area contributed by atoms with Gasteiger partial charge in [-0.3, -0.25) is 4.90 Å². The summed E-state index contributed by atoms with van der Waals surface area (Å²) in [5, 5.41) is 9.78. The van der Waals surface area contributed by atoms with E-state index in [0.717, 1.165) is 38.2 Å².